The van der Waals surface area contributed by atoms with Crippen molar-refractivity contribution in [3.63, 3.8) is 0 Å². The maximum Gasteiger partial charge on any atom is 0.195 e. The molecule has 0 aliphatic carbocycles. The number of aliphatic hydroxyl groups excluding tert-OH is 1. The molecule has 0 aromatic carbocycles. The Hall–Kier alpha value is -1.37. The summed E-state index contributed by atoms with van der Waals surface area (Å²) in [4.78, 5) is 10.5. The van der Waals surface area contributed by atoms with Crippen LogP contribution in [0.4, 0.5) is 0 Å². The number of aliphatic hydroxyl groups is 1. The van der Waals surface area contributed by atoms with Gasteiger partial charge in [-0.05, 0) is 12.1 Å². The van der Waals surface area contributed by atoms with Gasteiger partial charge in [-0.25, -0.2) is 4.98 Å². The molecule has 0 saturated carbocycles. The minimum Gasteiger partial charge on any atom is -0.390 e. The lowest BCUT2D eigenvalue weighted by molar-refractivity contribution is 0.272. The van der Waals surface area contributed by atoms with Gasteiger partial charge in [0.05, 0.1) is 12.3 Å². The van der Waals surface area contributed by atoms with E-state index in [0.717, 1.165) is 20.6 Å². The highest BCUT2D eigenvalue weighted by atomic mass is 32.2. The molecule has 0 spiro atoms. The topological polar surface area (TPSA) is 50.4 Å². The summed E-state index contributed by atoms with van der Waals surface area (Å²) in [5.74, 6) is 0. The first-order valence-corrected chi connectivity index (χ1v) is 6.71. The predicted molar refractivity (Wildman–Crippen MR) is 67.4 cm³/mol. The van der Waals surface area contributed by atoms with Gasteiger partial charge in [0.1, 0.15) is 5.03 Å². The molecule has 0 unspecified atom stereocenters. The van der Waals surface area contributed by atoms with Crippen LogP contribution in [0.5, 0.6) is 0 Å². The van der Waals surface area contributed by atoms with E-state index in [1.54, 1.807) is 35.5 Å². The summed E-state index contributed by atoms with van der Waals surface area (Å²) < 4.78 is 1.92. The van der Waals surface area contributed by atoms with Crippen LogP contribution >= 0.6 is 23.1 Å². The third-order valence-electron chi connectivity index (χ3n) is 2.34. The van der Waals surface area contributed by atoms with E-state index in [9.17, 15) is 5.11 Å². The summed E-state index contributed by atoms with van der Waals surface area (Å²) in [5.41, 5.74) is 0.836. The summed E-state index contributed by atoms with van der Waals surface area (Å²) in [6, 6.07) is 3.86. The van der Waals surface area contributed by atoms with E-state index < -0.39 is 0 Å². The first kappa shape index (κ1) is 10.8. The zero-order chi connectivity index (χ0) is 11.7. The van der Waals surface area contributed by atoms with E-state index in [0.29, 0.717) is 0 Å². The second-order valence-electron chi connectivity index (χ2n) is 3.36. The minimum atomic E-state index is -0.00861. The van der Waals surface area contributed by atoms with Crippen LogP contribution in [0.25, 0.3) is 4.96 Å². The van der Waals surface area contributed by atoms with Crippen LogP contribution < -0.4 is 0 Å². The molecule has 3 rings (SSSR count). The van der Waals surface area contributed by atoms with Crippen molar-refractivity contribution >= 4 is 28.1 Å². The van der Waals surface area contributed by atoms with Crippen LogP contribution in [-0.4, -0.2) is 19.5 Å². The third kappa shape index (κ3) is 1.95. The Morgan fingerprint density at radius 1 is 1.35 bits per heavy atom. The molecule has 17 heavy (non-hydrogen) atoms. The lowest BCUT2D eigenvalue weighted by Crippen LogP contribution is -1.90. The Morgan fingerprint density at radius 2 is 2.18 bits per heavy atom. The van der Waals surface area contributed by atoms with E-state index in [1.807, 2.05) is 28.1 Å². The van der Waals surface area contributed by atoms with Crippen LogP contribution in [0, 0.1) is 0 Å². The highest BCUT2D eigenvalue weighted by Gasteiger charge is 2.13. The van der Waals surface area contributed by atoms with Gasteiger partial charge in [0.25, 0.3) is 0 Å². The molecule has 6 heteroatoms. The van der Waals surface area contributed by atoms with Crippen molar-refractivity contribution in [3.8, 4) is 0 Å². The van der Waals surface area contributed by atoms with Gasteiger partial charge >= 0.3 is 0 Å². The van der Waals surface area contributed by atoms with Crippen molar-refractivity contribution in [2.75, 3.05) is 0 Å². The van der Waals surface area contributed by atoms with Gasteiger partial charge in [-0.1, -0.05) is 11.8 Å². The number of hydrogen-bond acceptors (Lipinski definition) is 5. The fraction of sp³-hybridized carbons (Fsp3) is 0.0909. The van der Waals surface area contributed by atoms with Crippen LogP contribution in [-0.2, 0) is 6.61 Å². The Morgan fingerprint density at radius 3 is 2.94 bits per heavy atom. The van der Waals surface area contributed by atoms with E-state index in [-0.39, 0.29) is 6.61 Å². The van der Waals surface area contributed by atoms with Gasteiger partial charge in [-0.15, -0.1) is 11.3 Å². The van der Waals surface area contributed by atoms with Gasteiger partial charge in [0.15, 0.2) is 4.96 Å². The van der Waals surface area contributed by atoms with Crippen molar-refractivity contribution in [1.82, 2.24) is 14.4 Å². The predicted octanol–water partition coefficient (Wildman–Crippen LogP) is 2.43. The molecule has 3 aromatic heterocycles. The summed E-state index contributed by atoms with van der Waals surface area (Å²) in [5, 5.41) is 12.2. The van der Waals surface area contributed by atoms with E-state index >= 15 is 0 Å². The van der Waals surface area contributed by atoms with E-state index in [4.69, 9.17) is 0 Å². The SMILES string of the molecule is OCc1c(Sc2ccncc2)nc2sccn12. The molecule has 0 atom stereocenters. The minimum absolute atomic E-state index is 0.00861. The van der Waals surface area contributed by atoms with Gasteiger partial charge in [-0.3, -0.25) is 9.38 Å². The van der Waals surface area contributed by atoms with Crippen molar-refractivity contribution in [1.29, 1.82) is 0 Å². The highest BCUT2D eigenvalue weighted by Crippen LogP contribution is 2.31. The Bertz CT molecular complexity index is 633. The largest absolute Gasteiger partial charge is 0.390 e. The van der Waals surface area contributed by atoms with E-state index in [1.165, 1.54) is 0 Å². The zero-order valence-electron chi connectivity index (χ0n) is 8.78. The third-order valence-corrected chi connectivity index (χ3v) is 4.12. The Balaban J connectivity index is 2.02. The monoisotopic (exact) mass is 263 g/mol. The molecule has 0 amide bonds. The summed E-state index contributed by atoms with van der Waals surface area (Å²) in [7, 11) is 0. The number of imidazole rings is 1. The van der Waals surface area contributed by atoms with Gasteiger partial charge in [0, 0.05) is 28.9 Å². The van der Waals surface area contributed by atoms with Crippen molar-refractivity contribution in [3.05, 3.63) is 41.8 Å². The molecule has 86 valence electrons. The molecular formula is C11H9N3OS2. The number of thiazole rings is 1. The molecule has 0 bridgehead atoms. The molecule has 3 aromatic rings. The summed E-state index contributed by atoms with van der Waals surface area (Å²) in [6.45, 7) is -0.00861. The number of fused-ring (bicyclic) bond motifs is 1. The smallest absolute Gasteiger partial charge is 0.195 e. The molecular weight excluding hydrogens is 254 g/mol. The molecule has 4 nitrogen and oxygen atoms in total. The summed E-state index contributed by atoms with van der Waals surface area (Å²) in [6.07, 6.45) is 5.42. The molecule has 0 radical (unpaired) electrons. The zero-order valence-corrected chi connectivity index (χ0v) is 10.4. The maximum absolute atomic E-state index is 9.42. The van der Waals surface area contributed by atoms with Gasteiger partial charge in [-0.2, -0.15) is 0 Å². The van der Waals surface area contributed by atoms with Crippen LogP contribution in [0.1, 0.15) is 5.69 Å². The maximum atomic E-state index is 9.42. The van der Waals surface area contributed by atoms with Crippen LogP contribution in [0.2, 0.25) is 0 Å². The van der Waals surface area contributed by atoms with Crippen molar-refractivity contribution in [2.45, 2.75) is 16.5 Å². The quantitative estimate of drug-likeness (QED) is 0.788. The average molecular weight is 263 g/mol. The fourth-order valence-corrected chi connectivity index (χ4v) is 3.24. The molecule has 0 fully saturated rings. The van der Waals surface area contributed by atoms with E-state index in [2.05, 4.69) is 9.97 Å². The first-order valence-electron chi connectivity index (χ1n) is 5.01. The standard InChI is InChI=1S/C11H9N3OS2/c15-7-9-10(13-11-14(9)5-6-16-11)17-8-1-3-12-4-2-8/h1-6,15H,7H2. The van der Waals surface area contributed by atoms with Crippen molar-refractivity contribution in [2.24, 2.45) is 0 Å². The molecule has 1 N–H and O–H groups in total. The van der Waals surface area contributed by atoms with Crippen LogP contribution in [0.3, 0.4) is 0 Å². The summed E-state index contributed by atoms with van der Waals surface area (Å²) >= 11 is 3.11. The molecule has 0 saturated heterocycles. The average Bonchev–Trinajstić information content (AvgIpc) is 2.90. The first-order chi connectivity index (χ1) is 8.38. The fourth-order valence-electron chi connectivity index (χ4n) is 1.56. The number of nitrogens with zero attached hydrogens (tertiary/aromatic N) is 3. The Kier molecular flexibility index (Phi) is 2.84. The molecule has 3 heterocycles. The number of pyridine rings is 1. The Labute approximate surface area is 106 Å². The second kappa shape index (κ2) is 4.48. The number of rotatable bonds is 3. The van der Waals surface area contributed by atoms with Gasteiger partial charge < -0.3 is 5.11 Å². The highest BCUT2D eigenvalue weighted by molar-refractivity contribution is 7.99. The van der Waals surface area contributed by atoms with Gasteiger partial charge in [0.2, 0.25) is 0 Å². The normalized spacial score (nSPS) is 11.1. The molecule has 0 aliphatic heterocycles. The van der Waals surface area contributed by atoms with Crippen molar-refractivity contribution < 1.29 is 5.11 Å². The molecule has 0 aliphatic rings. The lowest BCUT2D eigenvalue weighted by Gasteiger charge is -2.00. The van der Waals surface area contributed by atoms with Crippen LogP contribution in [0.15, 0.2) is 46.0 Å². The second-order valence-corrected chi connectivity index (χ2v) is 5.30. The lowest BCUT2D eigenvalue weighted by atomic mass is 10.5. The number of aromatic nitrogens is 3. The number of hydrogen-bond donors (Lipinski definition) is 1.